The molecule has 1 unspecified atom stereocenters. The van der Waals surface area contributed by atoms with Crippen LogP contribution < -0.4 is 10.6 Å². The monoisotopic (exact) mass is 285 g/mol. The highest BCUT2D eigenvalue weighted by molar-refractivity contribution is 7.11. The van der Waals surface area contributed by atoms with Crippen LogP contribution >= 0.6 is 11.3 Å². The lowest BCUT2D eigenvalue weighted by Crippen LogP contribution is -2.36. The van der Waals surface area contributed by atoms with E-state index in [0.29, 0.717) is 13.1 Å². The number of carbonyl (C=O) groups excluding carboxylic acids is 1. The van der Waals surface area contributed by atoms with Crippen LogP contribution in [0.1, 0.15) is 43.6 Å². The predicted molar refractivity (Wildman–Crippen MR) is 77.5 cm³/mol. The molecule has 1 amide bonds. The number of aryl methyl sites for hydroxylation is 1. The minimum absolute atomic E-state index is 0.194. The van der Waals surface area contributed by atoms with Gasteiger partial charge in [-0.3, -0.25) is 0 Å². The SMILES string of the molecule is Cc1cnc(C(C)NCCNC(=O)OC(C)(C)C)s1. The first-order valence-corrected chi connectivity index (χ1v) is 7.22. The van der Waals surface area contributed by atoms with Gasteiger partial charge in [0.25, 0.3) is 0 Å². The van der Waals surface area contributed by atoms with Gasteiger partial charge in [0, 0.05) is 24.2 Å². The Morgan fingerprint density at radius 3 is 2.68 bits per heavy atom. The maximum absolute atomic E-state index is 11.4. The van der Waals surface area contributed by atoms with E-state index in [-0.39, 0.29) is 12.1 Å². The van der Waals surface area contributed by atoms with Crippen molar-refractivity contribution < 1.29 is 9.53 Å². The van der Waals surface area contributed by atoms with Gasteiger partial charge in [0.1, 0.15) is 10.6 Å². The van der Waals surface area contributed by atoms with Crippen LogP contribution in [-0.2, 0) is 4.74 Å². The maximum atomic E-state index is 11.4. The average molecular weight is 285 g/mol. The fraction of sp³-hybridized carbons (Fsp3) is 0.692. The van der Waals surface area contributed by atoms with Crippen LogP contribution in [0.15, 0.2) is 6.20 Å². The van der Waals surface area contributed by atoms with Crippen LogP contribution in [-0.4, -0.2) is 29.8 Å². The zero-order valence-corrected chi connectivity index (χ0v) is 13.1. The topological polar surface area (TPSA) is 63.2 Å². The third-order valence-corrected chi connectivity index (χ3v) is 3.35. The first-order chi connectivity index (χ1) is 8.78. The van der Waals surface area contributed by atoms with Crippen molar-refractivity contribution >= 4 is 17.4 Å². The Morgan fingerprint density at radius 1 is 1.47 bits per heavy atom. The largest absolute Gasteiger partial charge is 0.444 e. The third kappa shape index (κ3) is 6.54. The molecule has 0 aliphatic carbocycles. The number of aromatic nitrogens is 1. The summed E-state index contributed by atoms with van der Waals surface area (Å²) in [4.78, 5) is 16.9. The van der Waals surface area contributed by atoms with Gasteiger partial charge in [0.15, 0.2) is 0 Å². The number of alkyl carbamates (subject to hydrolysis) is 1. The van der Waals surface area contributed by atoms with E-state index in [0.717, 1.165) is 5.01 Å². The predicted octanol–water partition coefficient (Wildman–Crippen LogP) is 2.63. The molecule has 5 nitrogen and oxygen atoms in total. The van der Waals surface area contributed by atoms with Crippen molar-refractivity contribution in [2.45, 2.75) is 46.3 Å². The Labute approximate surface area is 118 Å². The standard InChI is InChI=1S/C13H23N3O2S/c1-9-8-16-11(19-9)10(2)14-6-7-15-12(17)18-13(3,4)5/h8,10,14H,6-7H2,1-5H3,(H,15,17). The number of thiazole rings is 1. The smallest absolute Gasteiger partial charge is 0.407 e. The Bertz CT molecular complexity index is 412. The molecule has 0 aliphatic rings. The van der Waals surface area contributed by atoms with E-state index in [1.807, 2.05) is 33.9 Å². The molecular weight excluding hydrogens is 262 g/mol. The van der Waals surface area contributed by atoms with Crippen molar-refractivity contribution in [1.82, 2.24) is 15.6 Å². The number of hydrogen-bond donors (Lipinski definition) is 2. The zero-order valence-electron chi connectivity index (χ0n) is 12.2. The Morgan fingerprint density at radius 2 is 2.16 bits per heavy atom. The summed E-state index contributed by atoms with van der Waals surface area (Å²) in [6, 6.07) is 0.194. The molecule has 0 aromatic carbocycles. The lowest BCUT2D eigenvalue weighted by atomic mass is 10.2. The van der Waals surface area contributed by atoms with Gasteiger partial charge in [-0.05, 0) is 34.6 Å². The molecule has 1 aromatic rings. The van der Waals surface area contributed by atoms with Gasteiger partial charge in [0.2, 0.25) is 0 Å². The van der Waals surface area contributed by atoms with E-state index in [4.69, 9.17) is 4.74 Å². The average Bonchev–Trinajstić information content (AvgIpc) is 2.68. The van der Waals surface area contributed by atoms with E-state index in [1.165, 1.54) is 4.88 Å². The lowest BCUT2D eigenvalue weighted by Gasteiger charge is -2.20. The minimum atomic E-state index is -0.455. The van der Waals surface area contributed by atoms with Crippen molar-refractivity contribution in [1.29, 1.82) is 0 Å². The minimum Gasteiger partial charge on any atom is -0.444 e. The van der Waals surface area contributed by atoms with Crippen molar-refractivity contribution in [3.05, 3.63) is 16.1 Å². The molecule has 108 valence electrons. The summed E-state index contributed by atoms with van der Waals surface area (Å²) < 4.78 is 5.14. The van der Waals surface area contributed by atoms with Gasteiger partial charge in [0.05, 0.1) is 6.04 Å². The number of hydrogen-bond acceptors (Lipinski definition) is 5. The van der Waals surface area contributed by atoms with Crippen molar-refractivity contribution in [2.75, 3.05) is 13.1 Å². The number of carbonyl (C=O) groups is 1. The van der Waals surface area contributed by atoms with Crippen molar-refractivity contribution in [2.24, 2.45) is 0 Å². The summed E-state index contributed by atoms with van der Waals surface area (Å²) >= 11 is 1.68. The summed E-state index contributed by atoms with van der Waals surface area (Å²) in [5.41, 5.74) is -0.455. The molecule has 0 saturated heterocycles. The molecule has 1 heterocycles. The quantitative estimate of drug-likeness (QED) is 0.816. The van der Waals surface area contributed by atoms with E-state index in [1.54, 1.807) is 11.3 Å². The molecule has 0 fully saturated rings. The second-order valence-corrected chi connectivity index (χ2v) is 6.68. The van der Waals surface area contributed by atoms with E-state index < -0.39 is 5.60 Å². The van der Waals surface area contributed by atoms with Gasteiger partial charge in [-0.15, -0.1) is 11.3 Å². The molecule has 2 N–H and O–H groups in total. The summed E-state index contributed by atoms with van der Waals surface area (Å²) in [5, 5.41) is 7.08. The van der Waals surface area contributed by atoms with Gasteiger partial charge < -0.3 is 15.4 Å². The van der Waals surface area contributed by atoms with Crippen LogP contribution in [0.5, 0.6) is 0 Å². The molecule has 6 heteroatoms. The molecule has 1 aromatic heterocycles. The van der Waals surface area contributed by atoms with Gasteiger partial charge >= 0.3 is 6.09 Å². The van der Waals surface area contributed by atoms with Gasteiger partial charge in [-0.25, -0.2) is 9.78 Å². The molecule has 0 spiro atoms. The Kier molecular flexibility index (Phi) is 5.75. The van der Waals surface area contributed by atoms with Crippen molar-refractivity contribution in [3.63, 3.8) is 0 Å². The van der Waals surface area contributed by atoms with E-state index >= 15 is 0 Å². The molecule has 0 saturated carbocycles. The molecule has 1 atom stereocenters. The highest BCUT2D eigenvalue weighted by Gasteiger charge is 2.15. The van der Waals surface area contributed by atoms with Gasteiger partial charge in [-0.2, -0.15) is 0 Å². The summed E-state index contributed by atoms with van der Waals surface area (Å²) in [5.74, 6) is 0. The first-order valence-electron chi connectivity index (χ1n) is 6.40. The van der Waals surface area contributed by atoms with Crippen LogP contribution in [0.25, 0.3) is 0 Å². The van der Waals surface area contributed by atoms with E-state index in [2.05, 4.69) is 22.5 Å². The second kappa shape index (κ2) is 6.86. The van der Waals surface area contributed by atoms with E-state index in [9.17, 15) is 4.79 Å². The first kappa shape index (κ1) is 15.9. The molecule has 0 radical (unpaired) electrons. The number of nitrogens with one attached hydrogen (secondary N) is 2. The highest BCUT2D eigenvalue weighted by atomic mass is 32.1. The maximum Gasteiger partial charge on any atom is 0.407 e. The highest BCUT2D eigenvalue weighted by Crippen LogP contribution is 2.18. The van der Waals surface area contributed by atoms with Gasteiger partial charge in [-0.1, -0.05) is 0 Å². The molecular formula is C13H23N3O2S. The third-order valence-electron chi connectivity index (χ3n) is 2.25. The molecule has 0 bridgehead atoms. The summed E-state index contributed by atoms with van der Waals surface area (Å²) in [6.07, 6.45) is 1.49. The summed E-state index contributed by atoms with van der Waals surface area (Å²) in [7, 11) is 0. The second-order valence-electron chi connectivity index (χ2n) is 5.41. The Balaban J connectivity index is 2.19. The lowest BCUT2D eigenvalue weighted by molar-refractivity contribution is 0.0528. The Hall–Kier alpha value is -1.14. The number of nitrogens with zero attached hydrogens (tertiary/aromatic N) is 1. The summed E-state index contributed by atoms with van der Waals surface area (Å²) in [6.45, 7) is 10.8. The fourth-order valence-corrected chi connectivity index (χ4v) is 2.23. The van der Waals surface area contributed by atoms with Crippen LogP contribution in [0.2, 0.25) is 0 Å². The molecule has 19 heavy (non-hydrogen) atoms. The number of ether oxygens (including phenoxy) is 1. The van der Waals surface area contributed by atoms with Crippen LogP contribution in [0.3, 0.4) is 0 Å². The molecule has 0 aliphatic heterocycles. The number of rotatable bonds is 5. The van der Waals surface area contributed by atoms with Crippen LogP contribution in [0.4, 0.5) is 4.79 Å². The fourth-order valence-electron chi connectivity index (χ4n) is 1.43. The molecule has 1 rings (SSSR count). The number of amides is 1. The normalized spacial score (nSPS) is 13.1. The van der Waals surface area contributed by atoms with Crippen LogP contribution in [0, 0.1) is 6.92 Å². The zero-order chi connectivity index (χ0) is 14.5. The van der Waals surface area contributed by atoms with Crippen molar-refractivity contribution in [3.8, 4) is 0 Å².